The molecule has 1 aliphatic carbocycles. The zero-order chi connectivity index (χ0) is 24.5. The SMILES string of the molecule is O=C(Cn1cnc2ccccc21)OCC(=O)N1N=C2C(=Cc3ccco3)CCCC2C1c1ccco1. The van der Waals surface area contributed by atoms with E-state index in [0.717, 1.165) is 47.3 Å². The largest absolute Gasteiger partial charge is 0.467 e. The van der Waals surface area contributed by atoms with Gasteiger partial charge in [-0.2, -0.15) is 5.10 Å². The fourth-order valence-corrected chi connectivity index (χ4v) is 5.02. The van der Waals surface area contributed by atoms with Gasteiger partial charge in [0.05, 0.1) is 35.6 Å². The number of amides is 1. The fraction of sp³-hybridized carbons (Fsp3) is 0.259. The minimum Gasteiger partial charge on any atom is -0.467 e. The van der Waals surface area contributed by atoms with E-state index in [9.17, 15) is 9.59 Å². The van der Waals surface area contributed by atoms with Crippen LogP contribution in [0.2, 0.25) is 0 Å². The molecule has 4 heterocycles. The van der Waals surface area contributed by atoms with Crippen LogP contribution < -0.4 is 0 Å². The van der Waals surface area contributed by atoms with Crippen molar-refractivity contribution >= 4 is 34.7 Å². The van der Waals surface area contributed by atoms with E-state index < -0.39 is 18.5 Å². The Morgan fingerprint density at radius 3 is 2.78 bits per heavy atom. The number of esters is 1. The van der Waals surface area contributed by atoms with Crippen molar-refractivity contribution in [3.63, 3.8) is 0 Å². The summed E-state index contributed by atoms with van der Waals surface area (Å²) in [5.74, 6) is 0.461. The van der Waals surface area contributed by atoms with Crippen LogP contribution in [0.15, 0.2) is 86.9 Å². The van der Waals surface area contributed by atoms with E-state index in [-0.39, 0.29) is 18.5 Å². The molecule has 0 N–H and O–H groups in total. The van der Waals surface area contributed by atoms with E-state index >= 15 is 0 Å². The molecular formula is C27H24N4O5. The Balaban J connectivity index is 1.20. The van der Waals surface area contributed by atoms with Gasteiger partial charge in [0.1, 0.15) is 24.1 Å². The van der Waals surface area contributed by atoms with Gasteiger partial charge >= 0.3 is 5.97 Å². The van der Waals surface area contributed by atoms with Crippen LogP contribution in [0.25, 0.3) is 17.1 Å². The second kappa shape index (κ2) is 9.33. The van der Waals surface area contributed by atoms with Crippen molar-refractivity contribution in [1.82, 2.24) is 14.6 Å². The highest BCUT2D eigenvalue weighted by Crippen LogP contribution is 2.44. The van der Waals surface area contributed by atoms with Crippen LogP contribution in [0.5, 0.6) is 0 Å². The van der Waals surface area contributed by atoms with Gasteiger partial charge in [-0.25, -0.2) is 9.99 Å². The third-order valence-electron chi connectivity index (χ3n) is 6.63. The van der Waals surface area contributed by atoms with Gasteiger partial charge in [-0.3, -0.25) is 9.59 Å². The molecule has 2 unspecified atom stereocenters. The number of imidazole rings is 1. The van der Waals surface area contributed by atoms with Crippen LogP contribution in [0.4, 0.5) is 0 Å². The number of allylic oxidation sites excluding steroid dienone is 1. The number of hydrazone groups is 1. The second-order valence-corrected chi connectivity index (χ2v) is 8.89. The van der Waals surface area contributed by atoms with Crippen LogP contribution in [0.3, 0.4) is 0 Å². The number of furan rings is 2. The van der Waals surface area contributed by atoms with Crippen molar-refractivity contribution in [2.24, 2.45) is 11.0 Å². The Morgan fingerprint density at radius 2 is 1.94 bits per heavy atom. The summed E-state index contributed by atoms with van der Waals surface area (Å²) < 4.78 is 18.3. The van der Waals surface area contributed by atoms with E-state index in [1.807, 2.05) is 48.5 Å². The van der Waals surface area contributed by atoms with E-state index in [1.54, 1.807) is 29.5 Å². The summed E-state index contributed by atoms with van der Waals surface area (Å²) in [6.45, 7) is -0.452. The Kier molecular flexibility index (Phi) is 5.73. The molecule has 0 spiro atoms. The molecule has 9 nitrogen and oxygen atoms in total. The van der Waals surface area contributed by atoms with Gasteiger partial charge in [-0.1, -0.05) is 12.1 Å². The highest BCUT2D eigenvalue weighted by atomic mass is 16.5. The monoisotopic (exact) mass is 484 g/mol. The third-order valence-corrected chi connectivity index (χ3v) is 6.63. The molecule has 3 aromatic heterocycles. The molecule has 1 aliphatic heterocycles. The molecule has 4 aromatic rings. The number of nitrogens with zero attached hydrogens (tertiary/aromatic N) is 4. The minimum atomic E-state index is -0.524. The molecule has 2 aliphatic rings. The van der Waals surface area contributed by atoms with Crippen molar-refractivity contribution in [1.29, 1.82) is 0 Å². The molecule has 1 fully saturated rings. The molecule has 182 valence electrons. The number of ether oxygens (including phenoxy) is 1. The molecule has 36 heavy (non-hydrogen) atoms. The Morgan fingerprint density at radius 1 is 1.08 bits per heavy atom. The normalized spacial score (nSPS) is 20.5. The first kappa shape index (κ1) is 22.1. The quantitative estimate of drug-likeness (QED) is 0.371. The summed E-state index contributed by atoms with van der Waals surface area (Å²) in [7, 11) is 0. The molecule has 1 amide bonds. The number of aromatic nitrogens is 2. The minimum absolute atomic E-state index is 0.0110. The zero-order valence-electron chi connectivity index (χ0n) is 19.4. The van der Waals surface area contributed by atoms with Crippen LogP contribution >= 0.6 is 0 Å². The summed E-state index contributed by atoms with van der Waals surface area (Å²) >= 11 is 0. The first-order chi connectivity index (χ1) is 17.7. The molecule has 9 heteroatoms. The molecule has 0 radical (unpaired) electrons. The lowest BCUT2D eigenvalue weighted by Crippen LogP contribution is -2.34. The van der Waals surface area contributed by atoms with Gasteiger partial charge in [-0.15, -0.1) is 0 Å². The van der Waals surface area contributed by atoms with Crippen molar-refractivity contribution in [2.45, 2.75) is 31.8 Å². The number of fused-ring (bicyclic) bond motifs is 2. The lowest BCUT2D eigenvalue weighted by molar-refractivity contribution is -0.153. The Hall–Kier alpha value is -4.40. The van der Waals surface area contributed by atoms with E-state index in [1.165, 1.54) is 5.01 Å². The average molecular weight is 485 g/mol. The Labute approximate surface area is 206 Å². The summed E-state index contributed by atoms with van der Waals surface area (Å²) in [6, 6.07) is 14.5. The molecule has 6 rings (SSSR count). The molecular weight excluding hydrogens is 460 g/mol. The summed E-state index contributed by atoms with van der Waals surface area (Å²) in [5.41, 5.74) is 3.50. The lowest BCUT2D eigenvalue weighted by Gasteiger charge is -2.27. The number of rotatable bonds is 6. The number of carbonyl (C=O) groups is 2. The zero-order valence-corrected chi connectivity index (χ0v) is 19.4. The van der Waals surface area contributed by atoms with Crippen molar-refractivity contribution < 1.29 is 23.2 Å². The number of hydrogen-bond donors (Lipinski definition) is 0. The standard InChI is InChI=1S/C27H24N4O5/c32-24(16-36-25(33)15-30-17-28-21-9-1-2-10-22(21)30)31-27(23-11-5-13-35-23)20-8-3-6-18(26(20)29-31)14-19-7-4-12-34-19/h1-2,4-5,7,9-14,17,20,27H,3,6,8,15-16H2. The Bertz CT molecular complexity index is 1450. The maximum Gasteiger partial charge on any atom is 0.326 e. The van der Waals surface area contributed by atoms with Crippen LogP contribution in [0.1, 0.15) is 36.8 Å². The highest BCUT2D eigenvalue weighted by Gasteiger charge is 2.45. The number of benzene rings is 1. The molecule has 2 atom stereocenters. The van der Waals surface area contributed by atoms with E-state index in [4.69, 9.17) is 18.7 Å². The first-order valence-electron chi connectivity index (χ1n) is 11.9. The van der Waals surface area contributed by atoms with Crippen molar-refractivity contribution in [2.75, 3.05) is 6.61 Å². The summed E-state index contributed by atoms with van der Waals surface area (Å²) in [4.78, 5) is 30.1. The summed E-state index contributed by atoms with van der Waals surface area (Å²) in [6.07, 6.45) is 9.47. The number of carbonyl (C=O) groups excluding carboxylic acids is 2. The van der Waals surface area contributed by atoms with E-state index in [0.29, 0.717) is 5.76 Å². The van der Waals surface area contributed by atoms with Crippen LogP contribution in [-0.2, 0) is 20.9 Å². The van der Waals surface area contributed by atoms with Gasteiger partial charge in [0.15, 0.2) is 6.61 Å². The second-order valence-electron chi connectivity index (χ2n) is 8.89. The fourth-order valence-electron chi connectivity index (χ4n) is 5.02. The van der Waals surface area contributed by atoms with E-state index in [2.05, 4.69) is 4.98 Å². The highest BCUT2D eigenvalue weighted by molar-refractivity contribution is 6.08. The van der Waals surface area contributed by atoms with Gasteiger partial charge in [0.2, 0.25) is 0 Å². The predicted molar refractivity (Wildman–Crippen MR) is 130 cm³/mol. The van der Waals surface area contributed by atoms with Gasteiger partial charge < -0.3 is 18.1 Å². The molecule has 1 saturated carbocycles. The number of hydrogen-bond acceptors (Lipinski definition) is 7. The smallest absolute Gasteiger partial charge is 0.326 e. The molecule has 0 bridgehead atoms. The third kappa shape index (κ3) is 4.13. The van der Waals surface area contributed by atoms with Gasteiger partial charge in [0.25, 0.3) is 5.91 Å². The first-order valence-corrected chi connectivity index (χ1v) is 11.9. The maximum atomic E-state index is 13.3. The van der Waals surface area contributed by atoms with Gasteiger partial charge in [-0.05, 0) is 67.3 Å². The van der Waals surface area contributed by atoms with Crippen LogP contribution in [-0.4, -0.2) is 38.8 Å². The molecule has 1 aromatic carbocycles. The lowest BCUT2D eigenvalue weighted by atomic mass is 9.79. The van der Waals surface area contributed by atoms with Crippen molar-refractivity contribution in [3.8, 4) is 0 Å². The average Bonchev–Trinajstić information content (AvgIpc) is 3.69. The predicted octanol–water partition coefficient (Wildman–Crippen LogP) is 4.59. The topological polar surface area (TPSA) is 103 Å². The van der Waals surface area contributed by atoms with Crippen molar-refractivity contribution in [3.05, 3.63) is 84.5 Å². The summed E-state index contributed by atoms with van der Waals surface area (Å²) in [5, 5.41) is 6.14. The van der Waals surface area contributed by atoms with Gasteiger partial charge in [0, 0.05) is 5.92 Å². The maximum absolute atomic E-state index is 13.3. The van der Waals surface area contributed by atoms with Crippen LogP contribution in [0, 0.1) is 5.92 Å². The molecule has 0 saturated heterocycles. The number of para-hydroxylation sites is 2.